The molecule has 0 radical (unpaired) electrons. The Balaban J connectivity index is 2.05. The number of benzene rings is 2. The second-order valence-corrected chi connectivity index (χ2v) is 5.44. The van der Waals surface area contributed by atoms with Crippen molar-refractivity contribution >= 4 is 29.4 Å². The summed E-state index contributed by atoms with van der Waals surface area (Å²) in [5, 5.41) is 15.3. The van der Waals surface area contributed by atoms with E-state index in [1.54, 1.807) is 24.3 Å². The number of nitro benzene ring substituents is 1. The number of hydrazone groups is 1. The summed E-state index contributed by atoms with van der Waals surface area (Å²) in [7, 11) is 2.77. The Hall–Kier alpha value is -3.33. The van der Waals surface area contributed by atoms with Gasteiger partial charge in [0.25, 0.3) is 11.6 Å². The second kappa shape index (κ2) is 9.39. The smallest absolute Gasteiger partial charge is 0.282 e. The summed E-state index contributed by atoms with van der Waals surface area (Å²) >= 11 is 5.92. The van der Waals surface area contributed by atoms with Crippen LogP contribution in [-0.4, -0.2) is 37.9 Å². The van der Waals surface area contributed by atoms with E-state index in [9.17, 15) is 14.9 Å². The normalized spacial score (nSPS) is 10.5. The highest BCUT2D eigenvalue weighted by molar-refractivity contribution is 6.32. The molecular weight excluding hydrogens is 378 g/mol. The maximum absolute atomic E-state index is 11.8. The molecule has 9 nitrogen and oxygen atoms in total. The van der Waals surface area contributed by atoms with Gasteiger partial charge < -0.3 is 14.2 Å². The number of halogens is 1. The van der Waals surface area contributed by atoms with E-state index in [2.05, 4.69) is 10.5 Å². The van der Waals surface area contributed by atoms with Crippen LogP contribution in [0.4, 0.5) is 5.69 Å². The standard InChI is InChI=1S/C17H16ClN3O6/c1-25-15-7-11(13(21(23)24)8-16(15)26-2)9-19-20-17(22)10-27-14-6-4-3-5-12(14)18/h3-9H,10H2,1-2H3,(H,20,22)/b19-9-. The van der Waals surface area contributed by atoms with Crippen LogP contribution in [0.5, 0.6) is 17.2 Å². The molecule has 1 N–H and O–H groups in total. The Morgan fingerprint density at radius 3 is 2.52 bits per heavy atom. The molecule has 0 heterocycles. The predicted molar refractivity (Wildman–Crippen MR) is 98.9 cm³/mol. The highest BCUT2D eigenvalue weighted by Crippen LogP contribution is 2.33. The Bertz CT molecular complexity index is 872. The number of nitro groups is 1. The van der Waals surface area contributed by atoms with Crippen molar-refractivity contribution in [3.63, 3.8) is 0 Å². The monoisotopic (exact) mass is 393 g/mol. The number of ether oxygens (including phenoxy) is 3. The number of para-hydroxylation sites is 1. The van der Waals surface area contributed by atoms with Gasteiger partial charge in [0.1, 0.15) is 5.75 Å². The SMILES string of the molecule is COc1cc(/C=N\NC(=O)COc2ccccc2Cl)c([N+](=O)[O-])cc1OC. The molecule has 0 aliphatic rings. The molecular formula is C17H16ClN3O6. The van der Waals surface area contributed by atoms with Crippen LogP contribution in [0.25, 0.3) is 0 Å². The van der Waals surface area contributed by atoms with Crippen LogP contribution in [0.1, 0.15) is 5.56 Å². The van der Waals surface area contributed by atoms with E-state index < -0.39 is 10.8 Å². The lowest BCUT2D eigenvalue weighted by molar-refractivity contribution is -0.385. The van der Waals surface area contributed by atoms with Gasteiger partial charge in [-0.15, -0.1) is 0 Å². The Kier molecular flexibility index (Phi) is 6.95. The molecule has 0 saturated carbocycles. The first-order valence-corrected chi connectivity index (χ1v) is 7.93. The first-order valence-electron chi connectivity index (χ1n) is 7.56. The van der Waals surface area contributed by atoms with Crippen LogP contribution in [0.2, 0.25) is 5.02 Å². The van der Waals surface area contributed by atoms with E-state index in [1.807, 2.05) is 0 Å². The minimum Gasteiger partial charge on any atom is -0.493 e. The molecule has 0 saturated heterocycles. The van der Waals surface area contributed by atoms with Gasteiger partial charge in [0.2, 0.25) is 0 Å². The van der Waals surface area contributed by atoms with Gasteiger partial charge >= 0.3 is 0 Å². The van der Waals surface area contributed by atoms with E-state index in [1.165, 1.54) is 26.4 Å². The highest BCUT2D eigenvalue weighted by atomic mass is 35.5. The first kappa shape index (κ1) is 20.0. The van der Waals surface area contributed by atoms with Crippen molar-refractivity contribution in [3.8, 4) is 17.2 Å². The second-order valence-electron chi connectivity index (χ2n) is 5.04. The molecule has 1 amide bonds. The third-order valence-corrected chi connectivity index (χ3v) is 3.63. The molecule has 142 valence electrons. The van der Waals surface area contributed by atoms with E-state index in [4.69, 9.17) is 25.8 Å². The van der Waals surface area contributed by atoms with Gasteiger partial charge in [-0.1, -0.05) is 23.7 Å². The number of carbonyl (C=O) groups is 1. The van der Waals surface area contributed by atoms with Crippen molar-refractivity contribution in [2.75, 3.05) is 20.8 Å². The summed E-state index contributed by atoms with van der Waals surface area (Å²) in [6.45, 7) is -0.324. The molecule has 27 heavy (non-hydrogen) atoms. The molecule has 0 aliphatic heterocycles. The lowest BCUT2D eigenvalue weighted by Crippen LogP contribution is -2.24. The largest absolute Gasteiger partial charge is 0.493 e. The van der Waals surface area contributed by atoms with Crippen LogP contribution >= 0.6 is 11.6 Å². The number of methoxy groups -OCH3 is 2. The molecule has 0 unspecified atom stereocenters. The lowest BCUT2D eigenvalue weighted by atomic mass is 10.1. The van der Waals surface area contributed by atoms with E-state index in [-0.39, 0.29) is 29.4 Å². The number of hydrogen-bond acceptors (Lipinski definition) is 7. The predicted octanol–water partition coefficient (Wildman–Crippen LogP) is 2.79. The molecule has 0 aromatic heterocycles. The molecule has 0 fully saturated rings. The summed E-state index contributed by atoms with van der Waals surface area (Å²) in [4.78, 5) is 22.4. The number of nitrogens with one attached hydrogen (secondary N) is 1. The van der Waals surface area contributed by atoms with E-state index in [0.717, 1.165) is 6.21 Å². The van der Waals surface area contributed by atoms with Gasteiger partial charge in [-0.3, -0.25) is 14.9 Å². The van der Waals surface area contributed by atoms with Crippen LogP contribution in [0.15, 0.2) is 41.5 Å². The van der Waals surface area contributed by atoms with Gasteiger partial charge in [0.05, 0.1) is 42.0 Å². The van der Waals surface area contributed by atoms with Crippen LogP contribution in [0, 0.1) is 10.1 Å². The maximum atomic E-state index is 11.8. The maximum Gasteiger partial charge on any atom is 0.282 e. The molecule has 0 atom stereocenters. The summed E-state index contributed by atoms with van der Waals surface area (Å²) < 4.78 is 15.4. The van der Waals surface area contributed by atoms with Gasteiger partial charge in [0, 0.05) is 0 Å². The van der Waals surface area contributed by atoms with Crippen LogP contribution in [0.3, 0.4) is 0 Å². The number of nitrogens with zero attached hydrogens (tertiary/aromatic N) is 2. The van der Waals surface area contributed by atoms with Gasteiger partial charge in [-0.05, 0) is 18.2 Å². The molecule has 2 aromatic rings. The van der Waals surface area contributed by atoms with Crippen molar-refractivity contribution in [3.05, 3.63) is 57.1 Å². The number of carbonyl (C=O) groups excluding carboxylic acids is 1. The summed E-state index contributed by atoms with van der Waals surface area (Å²) in [5.41, 5.74) is 2.10. The zero-order valence-electron chi connectivity index (χ0n) is 14.5. The first-order chi connectivity index (χ1) is 13.0. The average Bonchev–Trinajstić information content (AvgIpc) is 2.66. The Morgan fingerprint density at radius 1 is 1.22 bits per heavy atom. The molecule has 2 rings (SSSR count). The van der Waals surface area contributed by atoms with Gasteiger partial charge in [-0.25, -0.2) is 5.43 Å². The fourth-order valence-electron chi connectivity index (χ4n) is 2.06. The third kappa shape index (κ3) is 5.32. The fraction of sp³-hybridized carbons (Fsp3) is 0.176. The van der Waals surface area contributed by atoms with Crippen molar-refractivity contribution < 1.29 is 23.9 Å². The van der Waals surface area contributed by atoms with Crippen molar-refractivity contribution in [1.29, 1.82) is 0 Å². The van der Waals surface area contributed by atoms with Gasteiger partial charge in [-0.2, -0.15) is 5.10 Å². The van der Waals surface area contributed by atoms with Crippen molar-refractivity contribution in [2.24, 2.45) is 5.10 Å². The number of amides is 1. The molecule has 2 aromatic carbocycles. The average molecular weight is 394 g/mol. The fourth-order valence-corrected chi connectivity index (χ4v) is 2.25. The summed E-state index contributed by atoms with van der Waals surface area (Å²) in [6.07, 6.45) is 1.13. The molecule has 0 aliphatic carbocycles. The summed E-state index contributed by atoms with van der Waals surface area (Å²) in [5.74, 6) is 0.291. The number of hydrogen-bond donors (Lipinski definition) is 1. The topological polar surface area (TPSA) is 112 Å². The van der Waals surface area contributed by atoms with Crippen molar-refractivity contribution in [1.82, 2.24) is 5.43 Å². The quantitative estimate of drug-likeness (QED) is 0.419. The molecule has 0 bridgehead atoms. The van der Waals surface area contributed by atoms with Crippen molar-refractivity contribution in [2.45, 2.75) is 0 Å². The highest BCUT2D eigenvalue weighted by Gasteiger charge is 2.18. The Morgan fingerprint density at radius 2 is 1.89 bits per heavy atom. The minimum atomic E-state index is -0.592. The van der Waals surface area contributed by atoms with E-state index >= 15 is 0 Å². The summed E-state index contributed by atoms with van der Waals surface area (Å²) in [6, 6.07) is 9.29. The lowest BCUT2D eigenvalue weighted by Gasteiger charge is -2.08. The zero-order valence-corrected chi connectivity index (χ0v) is 15.2. The van der Waals surface area contributed by atoms with Crippen LogP contribution < -0.4 is 19.6 Å². The Labute approximate surface area is 159 Å². The van der Waals surface area contributed by atoms with E-state index in [0.29, 0.717) is 10.8 Å². The minimum absolute atomic E-state index is 0.130. The molecule has 0 spiro atoms. The number of rotatable bonds is 8. The molecule has 10 heteroatoms. The zero-order chi connectivity index (χ0) is 19.8. The van der Waals surface area contributed by atoms with Gasteiger partial charge in [0.15, 0.2) is 18.1 Å². The van der Waals surface area contributed by atoms with Crippen LogP contribution in [-0.2, 0) is 4.79 Å². The third-order valence-electron chi connectivity index (χ3n) is 3.32.